The van der Waals surface area contributed by atoms with Gasteiger partial charge in [0.25, 0.3) is 0 Å². The first-order valence-electron chi connectivity index (χ1n) is 8.32. The minimum Gasteiger partial charge on any atom is -0.305 e. The Kier molecular flexibility index (Phi) is 5.73. The predicted octanol–water partition coefficient (Wildman–Crippen LogP) is 3.91. The van der Waals surface area contributed by atoms with E-state index < -0.39 is 0 Å². The van der Waals surface area contributed by atoms with Crippen LogP contribution in [0.4, 0.5) is 5.13 Å². The molecule has 0 saturated heterocycles. The number of thioether (sulfide) groups is 1. The fourth-order valence-electron chi connectivity index (χ4n) is 2.62. The lowest BCUT2D eigenvalue weighted by molar-refractivity contribution is -0.116. The van der Waals surface area contributed by atoms with Crippen LogP contribution in [-0.4, -0.2) is 32.2 Å². The summed E-state index contributed by atoms with van der Waals surface area (Å²) in [5, 5.41) is 12.3. The number of thiazole rings is 1. The summed E-state index contributed by atoms with van der Waals surface area (Å²) in [5.74, 6) is 1.56. The molecule has 3 rings (SSSR count). The SMILES string of the molecule is CCN(C(C)=O)c1nc(CSc2nnc(-c3ccccc3C)n2C)cs1. The standard InChI is InChI=1S/C18H21N5OS2/c1-5-23(13(3)24)17-19-14(10-25-17)11-26-18-21-20-16(22(18)4)15-9-7-6-8-12(15)2/h6-10H,5,11H2,1-4H3. The molecule has 0 aliphatic rings. The number of hydrogen-bond acceptors (Lipinski definition) is 6. The number of rotatable bonds is 6. The van der Waals surface area contributed by atoms with Gasteiger partial charge in [0, 0.05) is 37.2 Å². The molecule has 0 aliphatic heterocycles. The fourth-order valence-corrected chi connectivity index (χ4v) is 4.46. The van der Waals surface area contributed by atoms with Crippen molar-refractivity contribution in [2.45, 2.75) is 31.7 Å². The van der Waals surface area contributed by atoms with E-state index in [1.807, 2.05) is 36.1 Å². The Hall–Kier alpha value is -2.19. The number of aryl methyl sites for hydroxylation is 1. The van der Waals surface area contributed by atoms with Gasteiger partial charge in [0.05, 0.1) is 5.69 Å². The molecule has 0 spiro atoms. The van der Waals surface area contributed by atoms with Crippen LogP contribution in [0.25, 0.3) is 11.4 Å². The average molecular weight is 388 g/mol. The van der Waals surface area contributed by atoms with Crippen LogP contribution in [0.1, 0.15) is 25.1 Å². The highest BCUT2D eigenvalue weighted by atomic mass is 32.2. The molecule has 0 radical (unpaired) electrons. The Morgan fingerprint density at radius 3 is 2.77 bits per heavy atom. The number of benzene rings is 1. The Labute approximate surface area is 161 Å². The molecule has 0 atom stereocenters. The highest BCUT2D eigenvalue weighted by Gasteiger charge is 2.16. The summed E-state index contributed by atoms with van der Waals surface area (Å²) in [5.41, 5.74) is 3.20. The molecule has 0 unspecified atom stereocenters. The lowest BCUT2D eigenvalue weighted by atomic mass is 10.1. The van der Waals surface area contributed by atoms with E-state index in [-0.39, 0.29) is 5.91 Å². The van der Waals surface area contributed by atoms with E-state index in [2.05, 4.69) is 34.2 Å². The number of nitrogens with zero attached hydrogens (tertiary/aromatic N) is 5. The smallest absolute Gasteiger partial charge is 0.225 e. The first kappa shape index (κ1) is 18.6. The molecule has 2 aromatic heterocycles. The number of amides is 1. The van der Waals surface area contributed by atoms with E-state index in [4.69, 9.17) is 0 Å². The van der Waals surface area contributed by atoms with Crippen molar-refractivity contribution in [1.82, 2.24) is 19.7 Å². The third-order valence-corrected chi connectivity index (χ3v) is 6.00. The topological polar surface area (TPSA) is 63.9 Å². The number of hydrogen-bond donors (Lipinski definition) is 0. The van der Waals surface area contributed by atoms with Crippen LogP contribution in [-0.2, 0) is 17.6 Å². The summed E-state index contributed by atoms with van der Waals surface area (Å²) < 4.78 is 2.01. The summed E-state index contributed by atoms with van der Waals surface area (Å²) in [6, 6.07) is 8.16. The molecule has 0 saturated carbocycles. The van der Waals surface area contributed by atoms with E-state index in [1.165, 1.54) is 16.9 Å². The monoisotopic (exact) mass is 387 g/mol. The van der Waals surface area contributed by atoms with Crippen LogP contribution in [0.3, 0.4) is 0 Å². The summed E-state index contributed by atoms with van der Waals surface area (Å²) in [6.07, 6.45) is 0. The highest BCUT2D eigenvalue weighted by Crippen LogP contribution is 2.28. The summed E-state index contributed by atoms with van der Waals surface area (Å²) >= 11 is 3.08. The summed E-state index contributed by atoms with van der Waals surface area (Å²) in [4.78, 5) is 17.9. The number of carbonyl (C=O) groups excluding carboxylic acids is 1. The maximum absolute atomic E-state index is 11.6. The second-order valence-corrected chi connectivity index (χ2v) is 7.63. The van der Waals surface area contributed by atoms with Gasteiger partial charge in [-0.3, -0.25) is 9.69 Å². The van der Waals surface area contributed by atoms with Gasteiger partial charge in [-0.05, 0) is 19.4 Å². The van der Waals surface area contributed by atoms with E-state index in [0.29, 0.717) is 12.3 Å². The zero-order valence-electron chi connectivity index (χ0n) is 15.3. The molecule has 8 heteroatoms. The molecule has 3 aromatic rings. The Morgan fingerprint density at radius 1 is 1.31 bits per heavy atom. The number of carbonyl (C=O) groups is 1. The van der Waals surface area contributed by atoms with Crippen LogP contribution < -0.4 is 4.90 Å². The first-order chi connectivity index (χ1) is 12.5. The predicted molar refractivity (Wildman–Crippen MR) is 107 cm³/mol. The van der Waals surface area contributed by atoms with Gasteiger partial charge in [0.1, 0.15) is 0 Å². The molecule has 1 amide bonds. The molecule has 2 heterocycles. The van der Waals surface area contributed by atoms with Crippen molar-refractivity contribution in [3.63, 3.8) is 0 Å². The average Bonchev–Trinajstić information content (AvgIpc) is 3.21. The largest absolute Gasteiger partial charge is 0.305 e. The van der Waals surface area contributed by atoms with Crippen LogP contribution in [0.2, 0.25) is 0 Å². The van der Waals surface area contributed by atoms with Crippen LogP contribution in [0, 0.1) is 6.92 Å². The fraction of sp³-hybridized carbons (Fsp3) is 0.333. The van der Waals surface area contributed by atoms with Crippen molar-refractivity contribution in [3.05, 3.63) is 40.9 Å². The quantitative estimate of drug-likeness (QED) is 0.600. The Balaban J connectivity index is 1.73. The zero-order valence-corrected chi connectivity index (χ0v) is 16.9. The molecule has 0 N–H and O–H groups in total. The molecule has 6 nitrogen and oxygen atoms in total. The van der Waals surface area contributed by atoms with Crippen LogP contribution >= 0.6 is 23.1 Å². The first-order valence-corrected chi connectivity index (χ1v) is 10.2. The highest BCUT2D eigenvalue weighted by molar-refractivity contribution is 7.98. The number of aromatic nitrogens is 4. The molecular formula is C18H21N5OS2. The van der Waals surface area contributed by atoms with Crippen molar-refractivity contribution in [3.8, 4) is 11.4 Å². The zero-order chi connectivity index (χ0) is 18.7. The van der Waals surface area contributed by atoms with Gasteiger partial charge in [-0.25, -0.2) is 4.98 Å². The Bertz CT molecular complexity index is 918. The van der Waals surface area contributed by atoms with Gasteiger partial charge in [0.15, 0.2) is 16.1 Å². The maximum atomic E-state index is 11.6. The summed E-state index contributed by atoms with van der Waals surface area (Å²) in [7, 11) is 1.98. The van der Waals surface area contributed by atoms with Gasteiger partial charge in [-0.15, -0.1) is 21.5 Å². The second kappa shape index (κ2) is 8.01. The van der Waals surface area contributed by atoms with Crippen LogP contribution in [0.15, 0.2) is 34.8 Å². The minimum absolute atomic E-state index is 0.0113. The normalized spacial score (nSPS) is 10.9. The molecule has 26 heavy (non-hydrogen) atoms. The van der Waals surface area contributed by atoms with Crippen molar-refractivity contribution in [2.75, 3.05) is 11.4 Å². The van der Waals surface area contributed by atoms with Gasteiger partial charge in [-0.1, -0.05) is 36.0 Å². The maximum Gasteiger partial charge on any atom is 0.225 e. The van der Waals surface area contributed by atoms with Gasteiger partial charge in [-0.2, -0.15) is 0 Å². The van der Waals surface area contributed by atoms with E-state index in [0.717, 1.165) is 27.4 Å². The molecule has 0 fully saturated rings. The molecule has 0 bridgehead atoms. The molecule has 136 valence electrons. The minimum atomic E-state index is 0.0113. The van der Waals surface area contributed by atoms with E-state index in [1.54, 1.807) is 23.6 Å². The third kappa shape index (κ3) is 3.81. The lowest BCUT2D eigenvalue weighted by Crippen LogP contribution is -2.27. The Morgan fingerprint density at radius 2 is 2.08 bits per heavy atom. The third-order valence-electron chi connectivity index (χ3n) is 4.04. The molecule has 1 aromatic carbocycles. The van der Waals surface area contributed by atoms with Gasteiger partial charge in [0.2, 0.25) is 5.91 Å². The van der Waals surface area contributed by atoms with E-state index >= 15 is 0 Å². The van der Waals surface area contributed by atoms with Crippen molar-refractivity contribution in [1.29, 1.82) is 0 Å². The van der Waals surface area contributed by atoms with Gasteiger partial charge < -0.3 is 4.57 Å². The van der Waals surface area contributed by atoms with Crippen molar-refractivity contribution >= 4 is 34.1 Å². The van der Waals surface area contributed by atoms with Crippen molar-refractivity contribution in [2.24, 2.45) is 7.05 Å². The molecule has 0 aliphatic carbocycles. The molecular weight excluding hydrogens is 366 g/mol. The second-order valence-electron chi connectivity index (χ2n) is 5.85. The van der Waals surface area contributed by atoms with Crippen molar-refractivity contribution < 1.29 is 4.79 Å². The number of anilines is 1. The lowest BCUT2D eigenvalue weighted by Gasteiger charge is -2.14. The van der Waals surface area contributed by atoms with Gasteiger partial charge >= 0.3 is 0 Å². The van der Waals surface area contributed by atoms with Crippen LogP contribution in [0.5, 0.6) is 0 Å². The summed E-state index contributed by atoms with van der Waals surface area (Å²) in [6.45, 7) is 6.20. The van der Waals surface area contributed by atoms with E-state index in [9.17, 15) is 4.79 Å².